The predicted octanol–water partition coefficient (Wildman–Crippen LogP) is 2.26. The average molecular weight is 329 g/mol. The number of nitrogens with zero attached hydrogens (tertiary/aromatic N) is 2. The Morgan fingerprint density at radius 1 is 1.46 bits per heavy atom. The molecule has 1 aliphatic heterocycles. The maximum absolute atomic E-state index is 12.3. The lowest BCUT2D eigenvalue weighted by molar-refractivity contribution is 0.0679. The highest BCUT2D eigenvalue weighted by Gasteiger charge is 2.16. The maximum atomic E-state index is 12.3. The number of ether oxygens (including phenoxy) is 2. The van der Waals surface area contributed by atoms with Gasteiger partial charge in [0.1, 0.15) is 12.4 Å². The van der Waals surface area contributed by atoms with Crippen LogP contribution in [0.4, 0.5) is 0 Å². The van der Waals surface area contributed by atoms with Crippen molar-refractivity contribution < 1.29 is 14.3 Å². The minimum Gasteiger partial charge on any atom is -0.491 e. The van der Waals surface area contributed by atoms with E-state index in [1.54, 1.807) is 24.7 Å². The zero-order valence-corrected chi connectivity index (χ0v) is 13.9. The summed E-state index contributed by atoms with van der Waals surface area (Å²) < 4.78 is 13.2. The minimum absolute atomic E-state index is 0.0159. The monoisotopic (exact) mass is 329 g/mol. The van der Waals surface area contributed by atoms with E-state index in [-0.39, 0.29) is 18.1 Å². The van der Waals surface area contributed by atoms with Crippen molar-refractivity contribution in [2.24, 2.45) is 0 Å². The van der Waals surface area contributed by atoms with Crippen LogP contribution in [0, 0.1) is 0 Å². The Morgan fingerprint density at radius 2 is 2.29 bits per heavy atom. The first-order valence-corrected chi connectivity index (χ1v) is 8.32. The number of carbonyl (C=O) groups excluding carboxylic acids is 1. The summed E-state index contributed by atoms with van der Waals surface area (Å²) in [5, 5.41) is 2.98. The van der Waals surface area contributed by atoms with Gasteiger partial charge in [0.05, 0.1) is 12.4 Å². The van der Waals surface area contributed by atoms with Crippen molar-refractivity contribution >= 4 is 5.91 Å². The molecule has 1 aliphatic rings. The van der Waals surface area contributed by atoms with Gasteiger partial charge in [0.2, 0.25) is 0 Å². The second-order valence-corrected chi connectivity index (χ2v) is 6.10. The Bertz CT molecular complexity index is 634. The summed E-state index contributed by atoms with van der Waals surface area (Å²) in [5.74, 6) is 0.668. The molecule has 0 saturated carbocycles. The van der Waals surface area contributed by atoms with E-state index in [2.05, 4.69) is 10.3 Å². The van der Waals surface area contributed by atoms with Gasteiger partial charge in [0.15, 0.2) is 0 Å². The van der Waals surface area contributed by atoms with Crippen LogP contribution in [0.2, 0.25) is 0 Å². The fraction of sp³-hybridized carbons (Fsp3) is 0.444. The summed E-state index contributed by atoms with van der Waals surface area (Å²) in [6.07, 6.45) is 7.69. The maximum Gasteiger partial charge on any atom is 0.251 e. The van der Waals surface area contributed by atoms with Crippen molar-refractivity contribution in [1.29, 1.82) is 0 Å². The first-order chi connectivity index (χ1) is 11.7. The number of rotatable bonds is 7. The number of hydrogen-bond donors (Lipinski definition) is 1. The van der Waals surface area contributed by atoms with Crippen LogP contribution >= 0.6 is 0 Å². The quantitative estimate of drug-likeness (QED) is 0.846. The molecule has 24 heavy (non-hydrogen) atoms. The standard InChI is InChI=1S/C18H23N3O3/c1-14(11-21-9-8-19-13-21)20-18(22)15-4-6-16(7-5-15)24-12-17-3-2-10-23-17/h4-9,13-14,17H,2-3,10-12H2,1H3,(H,20,22)/t14-,17+/m0/s1. The Kier molecular flexibility index (Phi) is 5.48. The molecule has 0 radical (unpaired) electrons. The normalized spacial score (nSPS) is 18.3. The lowest BCUT2D eigenvalue weighted by Gasteiger charge is -2.15. The number of hydrogen-bond acceptors (Lipinski definition) is 4. The topological polar surface area (TPSA) is 65.4 Å². The van der Waals surface area contributed by atoms with Gasteiger partial charge in [-0.25, -0.2) is 4.98 Å². The zero-order chi connectivity index (χ0) is 16.8. The molecule has 2 aromatic rings. The van der Waals surface area contributed by atoms with E-state index in [4.69, 9.17) is 9.47 Å². The first-order valence-electron chi connectivity index (χ1n) is 8.32. The van der Waals surface area contributed by atoms with Gasteiger partial charge in [-0.2, -0.15) is 0 Å². The SMILES string of the molecule is C[C@@H](Cn1ccnc1)NC(=O)c1ccc(OC[C@H]2CCCO2)cc1. The third-order valence-corrected chi connectivity index (χ3v) is 4.00. The molecule has 0 spiro atoms. The van der Waals surface area contributed by atoms with Gasteiger partial charge in [-0.1, -0.05) is 0 Å². The average Bonchev–Trinajstić information content (AvgIpc) is 3.27. The lowest BCUT2D eigenvalue weighted by Crippen LogP contribution is -2.35. The molecule has 0 unspecified atom stereocenters. The largest absolute Gasteiger partial charge is 0.491 e. The van der Waals surface area contributed by atoms with Gasteiger partial charge < -0.3 is 19.4 Å². The van der Waals surface area contributed by atoms with Crippen LogP contribution < -0.4 is 10.1 Å². The van der Waals surface area contributed by atoms with Gasteiger partial charge in [-0.15, -0.1) is 0 Å². The van der Waals surface area contributed by atoms with Crippen molar-refractivity contribution in [1.82, 2.24) is 14.9 Å². The van der Waals surface area contributed by atoms with Gasteiger partial charge in [-0.05, 0) is 44.0 Å². The van der Waals surface area contributed by atoms with Crippen LogP contribution in [0.25, 0.3) is 0 Å². The second-order valence-electron chi connectivity index (χ2n) is 6.10. The van der Waals surface area contributed by atoms with E-state index in [0.717, 1.165) is 25.2 Å². The van der Waals surface area contributed by atoms with E-state index in [0.29, 0.717) is 18.7 Å². The molecule has 3 rings (SSSR count). The summed E-state index contributed by atoms with van der Waals surface area (Å²) in [6.45, 7) is 4.04. The molecule has 0 aliphatic carbocycles. The fourth-order valence-electron chi connectivity index (χ4n) is 2.73. The molecule has 6 nitrogen and oxygen atoms in total. The van der Waals surface area contributed by atoms with Crippen LogP contribution in [0.15, 0.2) is 43.0 Å². The van der Waals surface area contributed by atoms with Crippen LogP contribution in [0.5, 0.6) is 5.75 Å². The molecule has 1 amide bonds. The molecule has 1 saturated heterocycles. The van der Waals surface area contributed by atoms with E-state index in [1.807, 2.05) is 29.8 Å². The molecule has 6 heteroatoms. The molecule has 1 N–H and O–H groups in total. The third-order valence-electron chi connectivity index (χ3n) is 4.00. The Hall–Kier alpha value is -2.34. The predicted molar refractivity (Wildman–Crippen MR) is 90.1 cm³/mol. The molecule has 2 atom stereocenters. The summed E-state index contributed by atoms with van der Waals surface area (Å²) in [4.78, 5) is 16.3. The number of amides is 1. The van der Waals surface area contributed by atoms with Crippen LogP contribution in [-0.4, -0.2) is 40.8 Å². The Balaban J connectivity index is 1.47. The third kappa shape index (κ3) is 4.58. The Morgan fingerprint density at radius 3 is 2.96 bits per heavy atom. The van der Waals surface area contributed by atoms with E-state index in [9.17, 15) is 4.79 Å². The Labute approximate surface area is 141 Å². The van der Waals surface area contributed by atoms with Gasteiger partial charge in [0.25, 0.3) is 5.91 Å². The first kappa shape index (κ1) is 16.5. The summed E-state index contributed by atoms with van der Waals surface area (Å²) in [6, 6.07) is 7.23. The van der Waals surface area contributed by atoms with Crippen LogP contribution in [0.1, 0.15) is 30.1 Å². The molecule has 128 valence electrons. The minimum atomic E-state index is -0.0895. The number of imidazole rings is 1. The van der Waals surface area contributed by atoms with Crippen molar-refractivity contribution in [2.45, 2.75) is 38.5 Å². The van der Waals surface area contributed by atoms with Gasteiger partial charge in [-0.3, -0.25) is 4.79 Å². The van der Waals surface area contributed by atoms with Crippen LogP contribution in [-0.2, 0) is 11.3 Å². The van der Waals surface area contributed by atoms with Gasteiger partial charge >= 0.3 is 0 Å². The molecular weight excluding hydrogens is 306 g/mol. The summed E-state index contributed by atoms with van der Waals surface area (Å²) in [7, 11) is 0. The summed E-state index contributed by atoms with van der Waals surface area (Å²) in [5.41, 5.74) is 0.622. The molecule has 1 aromatic heterocycles. The number of benzene rings is 1. The lowest BCUT2D eigenvalue weighted by atomic mass is 10.2. The molecule has 1 aromatic carbocycles. The van der Waals surface area contributed by atoms with Crippen LogP contribution in [0.3, 0.4) is 0 Å². The summed E-state index contributed by atoms with van der Waals surface area (Å²) >= 11 is 0. The zero-order valence-electron chi connectivity index (χ0n) is 13.9. The van der Waals surface area contributed by atoms with Crippen molar-refractivity contribution in [3.05, 3.63) is 48.5 Å². The van der Waals surface area contributed by atoms with Crippen molar-refractivity contribution in [3.63, 3.8) is 0 Å². The van der Waals surface area contributed by atoms with E-state index in [1.165, 1.54) is 0 Å². The van der Waals surface area contributed by atoms with E-state index < -0.39 is 0 Å². The van der Waals surface area contributed by atoms with E-state index >= 15 is 0 Å². The van der Waals surface area contributed by atoms with Crippen molar-refractivity contribution in [3.8, 4) is 5.75 Å². The second kappa shape index (κ2) is 7.97. The number of carbonyl (C=O) groups is 1. The highest BCUT2D eigenvalue weighted by atomic mass is 16.5. The molecule has 1 fully saturated rings. The highest BCUT2D eigenvalue weighted by molar-refractivity contribution is 5.94. The molecule has 0 bridgehead atoms. The number of aromatic nitrogens is 2. The number of nitrogens with one attached hydrogen (secondary N) is 1. The van der Waals surface area contributed by atoms with Crippen molar-refractivity contribution in [2.75, 3.05) is 13.2 Å². The molecule has 2 heterocycles. The van der Waals surface area contributed by atoms with Gasteiger partial charge in [0, 0.05) is 37.2 Å². The molecular formula is C18H23N3O3. The smallest absolute Gasteiger partial charge is 0.251 e. The fourth-order valence-corrected chi connectivity index (χ4v) is 2.73. The highest BCUT2D eigenvalue weighted by Crippen LogP contribution is 2.16.